The number of para-hydroxylation sites is 2. The van der Waals surface area contributed by atoms with Crippen LogP contribution in [0.5, 0.6) is 0 Å². The average molecular weight is 741 g/mol. The first-order valence-corrected chi connectivity index (χ1v) is 19.5. The number of nitrogens with zero attached hydrogens (tertiary/aromatic N) is 2. The molecule has 9 aromatic carbocycles. The summed E-state index contributed by atoms with van der Waals surface area (Å²) in [6.45, 7) is 0. The second kappa shape index (κ2) is 12.9. The summed E-state index contributed by atoms with van der Waals surface area (Å²) >= 11 is 0. The van der Waals surface area contributed by atoms with E-state index < -0.39 is 0 Å². The van der Waals surface area contributed by atoms with Gasteiger partial charge in [-0.25, -0.2) is 9.97 Å². The molecule has 3 heterocycles. The van der Waals surface area contributed by atoms with E-state index in [-0.39, 0.29) is 0 Å². The predicted molar refractivity (Wildman–Crippen MR) is 239 cm³/mol. The quantitative estimate of drug-likeness (QED) is 0.165. The van der Waals surface area contributed by atoms with Gasteiger partial charge in [0.25, 0.3) is 0 Å². The largest absolute Gasteiger partial charge is 0.456 e. The van der Waals surface area contributed by atoms with Gasteiger partial charge in [0.15, 0.2) is 5.82 Å². The molecule has 0 atom stereocenters. The third-order valence-electron chi connectivity index (χ3n) is 11.5. The summed E-state index contributed by atoms with van der Waals surface area (Å²) in [4.78, 5) is 10.5. The summed E-state index contributed by atoms with van der Waals surface area (Å²) < 4.78 is 13.2. The van der Waals surface area contributed by atoms with Gasteiger partial charge in [-0.3, -0.25) is 0 Å². The molecule has 0 N–H and O–H groups in total. The van der Waals surface area contributed by atoms with Gasteiger partial charge >= 0.3 is 0 Å². The molecule has 270 valence electrons. The zero-order chi connectivity index (χ0) is 38.2. The third kappa shape index (κ3) is 5.23. The molecule has 0 unspecified atom stereocenters. The second-order valence-corrected chi connectivity index (χ2v) is 14.9. The van der Waals surface area contributed by atoms with Gasteiger partial charge in [0.2, 0.25) is 0 Å². The molecule has 12 aromatic rings. The van der Waals surface area contributed by atoms with Crippen molar-refractivity contribution in [2.45, 2.75) is 0 Å². The minimum atomic E-state index is 0.637. The monoisotopic (exact) mass is 740 g/mol. The fraction of sp³-hybridized carbons (Fsp3) is 0. The number of hydrogen-bond donors (Lipinski definition) is 0. The van der Waals surface area contributed by atoms with Crippen LogP contribution >= 0.6 is 0 Å². The Balaban J connectivity index is 1.03. The molecular formula is C54H32N2O2. The van der Waals surface area contributed by atoms with Gasteiger partial charge in [0.1, 0.15) is 22.3 Å². The van der Waals surface area contributed by atoms with Gasteiger partial charge < -0.3 is 8.83 Å². The van der Waals surface area contributed by atoms with E-state index in [1.165, 1.54) is 10.8 Å². The molecule has 4 heteroatoms. The van der Waals surface area contributed by atoms with E-state index in [0.29, 0.717) is 5.82 Å². The van der Waals surface area contributed by atoms with Crippen molar-refractivity contribution in [2.24, 2.45) is 0 Å². The first-order chi connectivity index (χ1) is 28.7. The lowest BCUT2D eigenvalue weighted by atomic mass is 9.98. The van der Waals surface area contributed by atoms with Gasteiger partial charge in [-0.2, -0.15) is 0 Å². The third-order valence-corrected chi connectivity index (χ3v) is 11.5. The molecule has 0 bridgehead atoms. The highest BCUT2D eigenvalue weighted by molar-refractivity contribution is 6.24. The molecule has 3 aromatic heterocycles. The Morgan fingerprint density at radius 2 is 0.914 bits per heavy atom. The van der Waals surface area contributed by atoms with Gasteiger partial charge in [0.05, 0.1) is 11.4 Å². The van der Waals surface area contributed by atoms with Crippen molar-refractivity contribution in [1.29, 1.82) is 0 Å². The topological polar surface area (TPSA) is 52.1 Å². The molecule has 0 saturated heterocycles. The second-order valence-electron chi connectivity index (χ2n) is 14.9. The van der Waals surface area contributed by atoms with Gasteiger partial charge in [0, 0.05) is 49.2 Å². The molecule has 0 amide bonds. The van der Waals surface area contributed by atoms with Crippen LogP contribution in [0.2, 0.25) is 0 Å². The van der Waals surface area contributed by atoms with Crippen molar-refractivity contribution in [2.75, 3.05) is 0 Å². The molecular weight excluding hydrogens is 709 g/mol. The first-order valence-electron chi connectivity index (χ1n) is 19.5. The Morgan fingerprint density at radius 3 is 1.81 bits per heavy atom. The fourth-order valence-electron chi connectivity index (χ4n) is 8.64. The summed E-state index contributed by atoms with van der Waals surface area (Å²) in [5, 5.41) is 9.07. The van der Waals surface area contributed by atoms with Crippen LogP contribution in [0.3, 0.4) is 0 Å². The Morgan fingerprint density at radius 1 is 0.310 bits per heavy atom. The minimum absolute atomic E-state index is 0.637. The summed E-state index contributed by atoms with van der Waals surface area (Å²) in [7, 11) is 0. The standard InChI is InChI=1S/C54H32N2O2/c1-2-11-33(12-3-1)36-14-8-16-38(29-36)47-32-48(39-26-27-44-43-19-6-7-22-49(43)57-50(44)31-39)56-54(55-47)40-17-9-15-37(30-40)42-20-10-21-45-46-28-25-35-24-23-34-13-4-5-18-41(34)51(35)53(46)58-52(42)45/h1-32H. The van der Waals surface area contributed by atoms with Crippen molar-refractivity contribution in [3.63, 3.8) is 0 Å². The Hall–Kier alpha value is -7.82. The highest BCUT2D eigenvalue weighted by atomic mass is 16.3. The molecule has 12 rings (SSSR count). The number of hydrogen-bond acceptors (Lipinski definition) is 4. The molecule has 0 aliphatic carbocycles. The van der Waals surface area contributed by atoms with E-state index in [0.717, 1.165) is 105 Å². The van der Waals surface area contributed by atoms with Crippen molar-refractivity contribution >= 4 is 65.4 Å². The Labute approximate surface area is 333 Å². The SMILES string of the molecule is c1ccc(-c2cccc(-c3cc(-c4ccc5c(c4)oc4ccccc45)nc(-c4cccc(-c5cccc6c5oc5c6ccc6ccc7ccccc7c65)c4)n3)c2)cc1. The molecule has 0 aliphatic rings. The molecule has 0 radical (unpaired) electrons. The zero-order valence-electron chi connectivity index (χ0n) is 31.2. The summed E-state index contributed by atoms with van der Waals surface area (Å²) in [5.41, 5.74) is 12.3. The maximum Gasteiger partial charge on any atom is 0.160 e. The summed E-state index contributed by atoms with van der Waals surface area (Å²) in [6, 6.07) is 67.8. The maximum atomic E-state index is 6.92. The molecule has 4 nitrogen and oxygen atoms in total. The van der Waals surface area contributed by atoms with Crippen LogP contribution in [0.25, 0.3) is 122 Å². The van der Waals surface area contributed by atoms with E-state index in [2.05, 4.69) is 170 Å². The minimum Gasteiger partial charge on any atom is -0.456 e. The van der Waals surface area contributed by atoms with Crippen LogP contribution in [0, 0.1) is 0 Å². The van der Waals surface area contributed by atoms with Crippen molar-refractivity contribution in [1.82, 2.24) is 9.97 Å². The lowest BCUT2D eigenvalue weighted by molar-refractivity contribution is 0.669. The molecule has 0 aliphatic heterocycles. The lowest BCUT2D eigenvalue weighted by Gasteiger charge is -2.12. The number of aromatic nitrogens is 2. The number of benzene rings is 9. The highest BCUT2D eigenvalue weighted by Gasteiger charge is 2.18. The smallest absolute Gasteiger partial charge is 0.160 e. The van der Waals surface area contributed by atoms with Crippen molar-refractivity contribution < 1.29 is 8.83 Å². The van der Waals surface area contributed by atoms with E-state index in [1.54, 1.807) is 0 Å². The van der Waals surface area contributed by atoms with E-state index in [9.17, 15) is 0 Å². The Kier molecular flexibility index (Phi) is 7.20. The molecule has 58 heavy (non-hydrogen) atoms. The molecule has 0 spiro atoms. The fourth-order valence-corrected chi connectivity index (χ4v) is 8.64. The number of fused-ring (bicyclic) bond motifs is 10. The van der Waals surface area contributed by atoms with Crippen molar-refractivity contribution in [3.05, 3.63) is 194 Å². The predicted octanol–water partition coefficient (Wildman–Crippen LogP) is 14.9. The van der Waals surface area contributed by atoms with Crippen LogP contribution in [-0.2, 0) is 0 Å². The van der Waals surface area contributed by atoms with Gasteiger partial charge in [-0.15, -0.1) is 0 Å². The van der Waals surface area contributed by atoms with E-state index >= 15 is 0 Å². The normalized spacial score (nSPS) is 11.8. The maximum absolute atomic E-state index is 6.92. The van der Waals surface area contributed by atoms with E-state index in [1.807, 2.05) is 24.3 Å². The van der Waals surface area contributed by atoms with Gasteiger partial charge in [-0.1, -0.05) is 152 Å². The summed E-state index contributed by atoms with van der Waals surface area (Å²) in [6.07, 6.45) is 0. The molecule has 0 fully saturated rings. The van der Waals surface area contributed by atoms with Crippen LogP contribution < -0.4 is 0 Å². The lowest BCUT2D eigenvalue weighted by Crippen LogP contribution is -1.96. The first kappa shape index (κ1) is 32.4. The number of furan rings is 2. The van der Waals surface area contributed by atoms with Crippen molar-refractivity contribution in [3.8, 4) is 56.2 Å². The molecule has 0 saturated carbocycles. The Bertz CT molecular complexity index is 3580. The van der Waals surface area contributed by atoms with E-state index in [4.69, 9.17) is 18.8 Å². The van der Waals surface area contributed by atoms with Gasteiger partial charge in [-0.05, 0) is 75.3 Å². The summed E-state index contributed by atoms with van der Waals surface area (Å²) in [5.74, 6) is 0.637. The van der Waals surface area contributed by atoms with Crippen LogP contribution in [0.1, 0.15) is 0 Å². The number of rotatable bonds is 5. The highest BCUT2D eigenvalue weighted by Crippen LogP contribution is 2.42. The average Bonchev–Trinajstić information content (AvgIpc) is 3.87. The zero-order valence-corrected chi connectivity index (χ0v) is 31.2. The van der Waals surface area contributed by atoms with Crippen LogP contribution in [-0.4, -0.2) is 9.97 Å². The van der Waals surface area contributed by atoms with Crippen LogP contribution in [0.4, 0.5) is 0 Å². The van der Waals surface area contributed by atoms with Crippen LogP contribution in [0.15, 0.2) is 203 Å².